The second-order valence-electron chi connectivity index (χ2n) is 3.92. The molecule has 0 aliphatic heterocycles. The van der Waals surface area contributed by atoms with Crippen molar-refractivity contribution >= 4 is 5.69 Å². The van der Waals surface area contributed by atoms with Gasteiger partial charge in [-0.15, -0.1) is 0 Å². The maximum Gasteiger partial charge on any atom is 0.137 e. The highest BCUT2D eigenvalue weighted by atomic mass is 16.5. The number of anilines is 1. The molecule has 0 heterocycles. The van der Waals surface area contributed by atoms with Gasteiger partial charge in [0.1, 0.15) is 11.9 Å². The summed E-state index contributed by atoms with van der Waals surface area (Å²) in [5, 5.41) is 15.6. The van der Waals surface area contributed by atoms with Gasteiger partial charge < -0.3 is 15.6 Å². The van der Waals surface area contributed by atoms with Gasteiger partial charge >= 0.3 is 0 Å². The maximum absolute atomic E-state index is 8.00. The van der Waals surface area contributed by atoms with Crippen molar-refractivity contribution in [1.82, 2.24) is 0 Å². The largest absolute Gasteiger partial charge is 0.496 e. The van der Waals surface area contributed by atoms with Crippen LogP contribution in [-0.4, -0.2) is 18.3 Å². The second-order valence-corrected chi connectivity index (χ2v) is 3.92. The summed E-state index contributed by atoms with van der Waals surface area (Å²) in [6, 6.07) is 7.32. The topological polar surface area (TPSA) is 79.3 Å². The highest BCUT2D eigenvalue weighted by molar-refractivity contribution is 5.55. The van der Waals surface area contributed by atoms with Gasteiger partial charge in [0.05, 0.1) is 13.2 Å². The number of hydrogen-bond donors (Lipinski definition) is 2. The molecule has 1 atom stereocenters. The van der Waals surface area contributed by atoms with Crippen molar-refractivity contribution in [2.45, 2.75) is 32.8 Å². The van der Waals surface area contributed by atoms with Crippen molar-refractivity contribution in [2.24, 2.45) is 0 Å². The molecule has 0 saturated heterocycles. The lowest BCUT2D eigenvalue weighted by atomic mass is 10.0. The van der Waals surface area contributed by atoms with E-state index in [0.29, 0.717) is 5.92 Å². The van der Waals surface area contributed by atoms with Crippen LogP contribution in [0.1, 0.15) is 32.3 Å². The molecule has 3 N–H and O–H groups in total. The number of methoxy groups -OCH3 is 1. The summed E-state index contributed by atoms with van der Waals surface area (Å²) in [4.78, 5) is 0. The minimum absolute atomic E-state index is 0.404. The Morgan fingerprint density at radius 1 is 1.35 bits per heavy atom. The fourth-order valence-electron chi connectivity index (χ4n) is 1.36. The second kappa shape index (κ2) is 7.53. The van der Waals surface area contributed by atoms with E-state index in [0.717, 1.165) is 17.0 Å². The summed E-state index contributed by atoms with van der Waals surface area (Å²) in [7, 11) is 1.67. The Bertz CT molecular complexity index is 381. The summed E-state index contributed by atoms with van der Waals surface area (Å²) in [6.07, 6.45) is -0.810. The number of benzene rings is 1. The number of nitriles is 1. The molecular formula is C13H20N2O2. The molecule has 0 spiro atoms. The summed E-state index contributed by atoms with van der Waals surface area (Å²) in [5.41, 5.74) is 7.72. The third kappa shape index (κ3) is 5.23. The van der Waals surface area contributed by atoms with Gasteiger partial charge in [0, 0.05) is 11.3 Å². The van der Waals surface area contributed by atoms with Crippen LogP contribution in [0.5, 0.6) is 5.75 Å². The number of aliphatic hydroxyl groups excluding tert-OH is 1. The smallest absolute Gasteiger partial charge is 0.137 e. The molecule has 0 saturated carbocycles. The third-order valence-electron chi connectivity index (χ3n) is 2.08. The fraction of sp³-hybridized carbons (Fsp3) is 0.462. The maximum atomic E-state index is 8.00. The highest BCUT2D eigenvalue weighted by Crippen LogP contribution is 2.30. The molecule has 0 aliphatic carbocycles. The summed E-state index contributed by atoms with van der Waals surface area (Å²) < 4.78 is 5.21. The first kappa shape index (κ1) is 15.3. The number of ether oxygens (including phenoxy) is 1. The van der Waals surface area contributed by atoms with Crippen LogP contribution in [-0.2, 0) is 0 Å². The van der Waals surface area contributed by atoms with Gasteiger partial charge in [-0.3, -0.25) is 0 Å². The number of nitrogen functional groups attached to an aromatic ring is 1. The van der Waals surface area contributed by atoms with Gasteiger partial charge in [0.25, 0.3) is 0 Å². The predicted molar refractivity (Wildman–Crippen MR) is 68.8 cm³/mol. The van der Waals surface area contributed by atoms with Crippen LogP contribution >= 0.6 is 0 Å². The van der Waals surface area contributed by atoms with Crippen molar-refractivity contribution < 1.29 is 9.84 Å². The van der Waals surface area contributed by atoms with E-state index in [-0.39, 0.29) is 0 Å². The van der Waals surface area contributed by atoms with E-state index in [1.807, 2.05) is 18.2 Å². The van der Waals surface area contributed by atoms with Gasteiger partial charge in [-0.25, -0.2) is 0 Å². The molecule has 17 heavy (non-hydrogen) atoms. The normalized spacial score (nSPS) is 11.1. The van der Waals surface area contributed by atoms with E-state index in [9.17, 15) is 0 Å². The van der Waals surface area contributed by atoms with Crippen molar-refractivity contribution in [3.05, 3.63) is 23.8 Å². The summed E-state index contributed by atoms with van der Waals surface area (Å²) in [6.45, 7) is 5.63. The first-order valence-corrected chi connectivity index (χ1v) is 5.44. The molecule has 0 aliphatic rings. The van der Waals surface area contributed by atoms with Gasteiger partial charge in [0.15, 0.2) is 0 Å². The summed E-state index contributed by atoms with van der Waals surface area (Å²) >= 11 is 0. The number of nitrogens with two attached hydrogens (primary N) is 1. The molecule has 1 aromatic rings. The lowest BCUT2D eigenvalue weighted by molar-refractivity contribution is 0.251. The third-order valence-corrected chi connectivity index (χ3v) is 2.08. The van der Waals surface area contributed by atoms with Gasteiger partial charge in [-0.1, -0.05) is 19.9 Å². The van der Waals surface area contributed by atoms with Gasteiger partial charge in [-0.2, -0.15) is 5.26 Å². The van der Waals surface area contributed by atoms with Crippen LogP contribution in [0.2, 0.25) is 0 Å². The molecule has 94 valence electrons. The van der Waals surface area contributed by atoms with Crippen molar-refractivity contribution in [3.8, 4) is 11.8 Å². The van der Waals surface area contributed by atoms with Crippen LogP contribution in [0.4, 0.5) is 5.69 Å². The van der Waals surface area contributed by atoms with E-state index >= 15 is 0 Å². The van der Waals surface area contributed by atoms with Crippen LogP contribution < -0.4 is 10.5 Å². The molecule has 1 unspecified atom stereocenters. The molecule has 0 bridgehead atoms. The average Bonchev–Trinajstić information content (AvgIpc) is 2.28. The zero-order valence-electron chi connectivity index (χ0n) is 10.8. The van der Waals surface area contributed by atoms with Crippen LogP contribution in [0.15, 0.2) is 18.2 Å². The number of aliphatic hydroxyl groups is 1. The standard InChI is InChI=1S/C10H15NO.C3H5NO/c1-7(2)10-8(11)5-4-6-9(10)12-3;1-3(5)2-4/h4-7H,11H2,1-3H3;3,5H,1H3. The molecule has 1 aromatic carbocycles. The van der Waals surface area contributed by atoms with E-state index < -0.39 is 6.10 Å². The molecule has 0 amide bonds. The van der Waals surface area contributed by atoms with Gasteiger partial charge in [-0.05, 0) is 25.0 Å². The quantitative estimate of drug-likeness (QED) is 0.610. The Morgan fingerprint density at radius 2 is 1.88 bits per heavy atom. The van der Waals surface area contributed by atoms with Crippen LogP contribution in [0.3, 0.4) is 0 Å². The minimum atomic E-state index is -0.810. The zero-order chi connectivity index (χ0) is 13.4. The molecule has 0 aromatic heterocycles. The first-order valence-electron chi connectivity index (χ1n) is 5.44. The lowest BCUT2D eigenvalue weighted by Gasteiger charge is -2.13. The molecular weight excluding hydrogens is 216 g/mol. The Balaban J connectivity index is 0.000000437. The molecule has 4 heteroatoms. The minimum Gasteiger partial charge on any atom is -0.496 e. The predicted octanol–water partition coefficient (Wildman–Crippen LogP) is 2.29. The monoisotopic (exact) mass is 236 g/mol. The lowest BCUT2D eigenvalue weighted by Crippen LogP contribution is -1.99. The Hall–Kier alpha value is -1.73. The Labute approximate surface area is 103 Å². The SMILES string of the molecule is CC(O)C#N.COc1cccc(N)c1C(C)C. The van der Waals surface area contributed by atoms with E-state index in [2.05, 4.69) is 13.8 Å². The molecule has 0 fully saturated rings. The Kier molecular flexibility index (Phi) is 6.76. The molecule has 4 nitrogen and oxygen atoms in total. The number of hydrogen-bond acceptors (Lipinski definition) is 4. The van der Waals surface area contributed by atoms with Crippen LogP contribution in [0.25, 0.3) is 0 Å². The Morgan fingerprint density at radius 3 is 2.18 bits per heavy atom. The van der Waals surface area contributed by atoms with Crippen molar-refractivity contribution in [1.29, 1.82) is 5.26 Å². The van der Waals surface area contributed by atoms with Crippen LogP contribution in [0, 0.1) is 11.3 Å². The number of rotatable bonds is 2. The first-order chi connectivity index (χ1) is 7.93. The van der Waals surface area contributed by atoms with E-state index in [1.165, 1.54) is 6.92 Å². The van der Waals surface area contributed by atoms with Crippen molar-refractivity contribution in [3.63, 3.8) is 0 Å². The van der Waals surface area contributed by atoms with E-state index in [1.54, 1.807) is 13.2 Å². The number of nitrogens with zero attached hydrogens (tertiary/aromatic N) is 1. The summed E-state index contributed by atoms with van der Waals surface area (Å²) in [5.74, 6) is 1.28. The molecule has 1 rings (SSSR count). The molecule has 0 radical (unpaired) electrons. The highest BCUT2D eigenvalue weighted by Gasteiger charge is 2.09. The van der Waals surface area contributed by atoms with Crippen molar-refractivity contribution in [2.75, 3.05) is 12.8 Å². The average molecular weight is 236 g/mol. The zero-order valence-corrected chi connectivity index (χ0v) is 10.8. The van der Waals surface area contributed by atoms with E-state index in [4.69, 9.17) is 20.8 Å². The van der Waals surface area contributed by atoms with Gasteiger partial charge in [0.2, 0.25) is 0 Å². The fourth-order valence-corrected chi connectivity index (χ4v) is 1.36.